The molecule has 2 aromatic rings. The predicted octanol–water partition coefficient (Wildman–Crippen LogP) is 2.07. The van der Waals surface area contributed by atoms with Crippen molar-refractivity contribution in [2.75, 3.05) is 38.5 Å². The Morgan fingerprint density at radius 2 is 1.63 bits per heavy atom. The van der Waals surface area contributed by atoms with Crippen molar-refractivity contribution in [1.29, 1.82) is 0 Å². The van der Waals surface area contributed by atoms with Crippen molar-refractivity contribution in [2.24, 2.45) is 0 Å². The van der Waals surface area contributed by atoms with E-state index in [1.807, 2.05) is 37.4 Å². The summed E-state index contributed by atoms with van der Waals surface area (Å²) in [6.07, 6.45) is 0.960. The number of hydrogen-bond acceptors (Lipinski definition) is 5. The monoisotopic (exact) mass is 446 g/mol. The normalized spacial score (nSPS) is 15.5. The topological polar surface area (TPSA) is 81.8 Å². The Bertz CT molecular complexity index is 971. The lowest BCUT2D eigenvalue weighted by Gasteiger charge is -2.31. The molecule has 0 atom stereocenters. The highest BCUT2D eigenvalue weighted by Crippen LogP contribution is 2.19. The predicted molar refractivity (Wildman–Crippen MR) is 122 cm³/mol. The van der Waals surface area contributed by atoms with E-state index in [2.05, 4.69) is 15.5 Å². The van der Waals surface area contributed by atoms with Gasteiger partial charge < -0.3 is 15.5 Å². The summed E-state index contributed by atoms with van der Waals surface area (Å²) in [5.41, 5.74) is 1.70. The molecule has 1 heterocycles. The second-order valence-electron chi connectivity index (χ2n) is 7.22. The number of nitrogens with zero attached hydrogens (tertiary/aromatic N) is 2. The van der Waals surface area contributed by atoms with E-state index in [0.29, 0.717) is 31.6 Å². The molecular formula is C21H26N4O3S2. The first-order valence-electron chi connectivity index (χ1n) is 9.78. The fraction of sp³-hybridized carbons (Fsp3) is 0.333. The molecule has 3 rings (SSSR count). The van der Waals surface area contributed by atoms with Crippen molar-refractivity contribution in [2.45, 2.75) is 17.7 Å². The third-order valence-corrected chi connectivity index (χ3v) is 7.07. The number of likely N-dealkylation sites (N-methyl/N-ethyl adjacent to an activating group) is 1. The van der Waals surface area contributed by atoms with Crippen LogP contribution in [0.2, 0.25) is 0 Å². The molecule has 1 aliphatic rings. The number of anilines is 1. The highest BCUT2D eigenvalue weighted by Gasteiger charge is 2.27. The Labute approximate surface area is 183 Å². The quantitative estimate of drug-likeness (QED) is 0.661. The van der Waals surface area contributed by atoms with Gasteiger partial charge in [-0.1, -0.05) is 30.3 Å². The molecule has 0 saturated carbocycles. The van der Waals surface area contributed by atoms with E-state index in [1.54, 1.807) is 24.3 Å². The number of hydrogen-bond donors (Lipinski definition) is 2. The second-order valence-corrected chi connectivity index (χ2v) is 9.57. The van der Waals surface area contributed by atoms with E-state index in [9.17, 15) is 13.2 Å². The van der Waals surface area contributed by atoms with Crippen LogP contribution < -0.4 is 10.6 Å². The van der Waals surface area contributed by atoms with Crippen molar-refractivity contribution in [3.8, 4) is 0 Å². The Hall–Kier alpha value is -2.33. The van der Waals surface area contributed by atoms with E-state index in [-0.39, 0.29) is 15.9 Å². The highest BCUT2D eigenvalue weighted by molar-refractivity contribution is 7.89. The van der Waals surface area contributed by atoms with E-state index in [0.717, 1.165) is 18.7 Å². The summed E-state index contributed by atoms with van der Waals surface area (Å²) in [5.74, 6) is -0.175. The van der Waals surface area contributed by atoms with Crippen LogP contribution in [0.5, 0.6) is 0 Å². The second kappa shape index (κ2) is 10.1. The molecule has 0 bridgehead atoms. The van der Waals surface area contributed by atoms with Crippen molar-refractivity contribution in [3.63, 3.8) is 0 Å². The number of piperazine rings is 1. The molecule has 0 spiro atoms. The number of benzene rings is 2. The van der Waals surface area contributed by atoms with Crippen LogP contribution in [0.15, 0.2) is 59.5 Å². The zero-order valence-corrected chi connectivity index (χ0v) is 18.5. The van der Waals surface area contributed by atoms with Crippen molar-refractivity contribution >= 4 is 38.9 Å². The molecular weight excluding hydrogens is 420 g/mol. The minimum absolute atomic E-state index is 0.175. The van der Waals surface area contributed by atoms with E-state index < -0.39 is 10.0 Å². The largest absolute Gasteiger partial charge is 0.332 e. The van der Waals surface area contributed by atoms with E-state index in [1.165, 1.54) is 4.31 Å². The summed E-state index contributed by atoms with van der Waals surface area (Å²) in [6.45, 7) is 2.41. The third kappa shape index (κ3) is 6.09. The summed E-state index contributed by atoms with van der Waals surface area (Å²) < 4.78 is 27.0. The van der Waals surface area contributed by atoms with E-state index in [4.69, 9.17) is 12.2 Å². The van der Waals surface area contributed by atoms with Crippen molar-refractivity contribution in [3.05, 3.63) is 60.2 Å². The molecule has 9 heteroatoms. The lowest BCUT2D eigenvalue weighted by atomic mass is 10.1. The van der Waals surface area contributed by atoms with Gasteiger partial charge >= 0.3 is 0 Å². The van der Waals surface area contributed by atoms with Crippen LogP contribution in [0, 0.1) is 0 Å². The van der Waals surface area contributed by atoms with Gasteiger partial charge in [0.2, 0.25) is 15.9 Å². The van der Waals surface area contributed by atoms with Crippen LogP contribution in [0.1, 0.15) is 12.0 Å². The molecule has 2 N–H and O–H groups in total. The summed E-state index contributed by atoms with van der Waals surface area (Å²) >= 11 is 5.19. The SMILES string of the molecule is CN1CCN(S(=O)(=O)c2ccc(NC(=S)NC(=O)CCc3ccccc3)cc2)CC1. The van der Waals surface area contributed by atoms with Gasteiger partial charge in [-0.3, -0.25) is 4.79 Å². The summed E-state index contributed by atoms with van der Waals surface area (Å²) in [4.78, 5) is 14.4. The third-order valence-electron chi connectivity index (χ3n) is 4.95. The van der Waals surface area contributed by atoms with Crippen molar-refractivity contribution in [1.82, 2.24) is 14.5 Å². The number of sulfonamides is 1. The average Bonchev–Trinajstić information content (AvgIpc) is 2.73. The molecule has 1 fully saturated rings. The van der Waals surface area contributed by atoms with Crippen LogP contribution in [-0.4, -0.2) is 61.9 Å². The van der Waals surface area contributed by atoms with Crippen molar-refractivity contribution < 1.29 is 13.2 Å². The molecule has 160 valence electrons. The lowest BCUT2D eigenvalue weighted by Crippen LogP contribution is -2.46. The molecule has 1 amide bonds. The zero-order valence-electron chi connectivity index (χ0n) is 16.9. The molecule has 30 heavy (non-hydrogen) atoms. The average molecular weight is 447 g/mol. The van der Waals surface area contributed by atoms with Gasteiger partial charge in [0.1, 0.15) is 0 Å². The standard InChI is InChI=1S/C21H26N4O3S2/c1-24-13-15-25(16-14-24)30(27,28)19-10-8-18(9-11-19)22-21(29)23-20(26)12-7-17-5-3-2-4-6-17/h2-6,8-11H,7,12-16H2,1H3,(H2,22,23,26,29). The van der Waals surface area contributed by atoms with Crippen LogP contribution in [0.4, 0.5) is 5.69 Å². The first-order valence-corrected chi connectivity index (χ1v) is 11.6. The van der Waals surface area contributed by atoms with Gasteiger partial charge in [-0.2, -0.15) is 4.31 Å². The Morgan fingerprint density at radius 1 is 1.00 bits per heavy atom. The fourth-order valence-corrected chi connectivity index (χ4v) is 4.80. The van der Waals surface area contributed by atoms with E-state index >= 15 is 0 Å². The molecule has 1 saturated heterocycles. The minimum Gasteiger partial charge on any atom is -0.332 e. The minimum atomic E-state index is -3.51. The number of nitrogens with one attached hydrogen (secondary N) is 2. The maximum absolute atomic E-state index is 12.8. The number of thiocarbonyl (C=S) groups is 1. The van der Waals surface area contributed by atoms with Gasteiger partial charge in [-0.05, 0) is 55.5 Å². The Morgan fingerprint density at radius 3 is 2.27 bits per heavy atom. The summed E-state index contributed by atoms with van der Waals surface area (Å²) in [7, 11) is -1.53. The van der Waals surface area contributed by atoms with Gasteiger partial charge in [0.05, 0.1) is 4.90 Å². The Balaban J connectivity index is 1.51. The number of aryl methyl sites for hydroxylation is 1. The van der Waals surface area contributed by atoms with Gasteiger partial charge in [0, 0.05) is 38.3 Å². The highest BCUT2D eigenvalue weighted by atomic mass is 32.2. The summed E-state index contributed by atoms with van der Waals surface area (Å²) in [6, 6.07) is 16.1. The Kier molecular flexibility index (Phi) is 7.54. The molecule has 0 aliphatic carbocycles. The molecule has 0 unspecified atom stereocenters. The summed E-state index contributed by atoms with van der Waals surface area (Å²) in [5, 5.41) is 5.75. The molecule has 1 aliphatic heterocycles. The van der Waals surface area contributed by atoms with Crippen LogP contribution in [0.25, 0.3) is 0 Å². The van der Waals surface area contributed by atoms with Gasteiger partial charge in [-0.25, -0.2) is 8.42 Å². The molecule has 7 nitrogen and oxygen atoms in total. The smallest absolute Gasteiger partial charge is 0.243 e. The zero-order chi connectivity index (χ0) is 21.6. The van der Waals surface area contributed by atoms with Gasteiger partial charge in [0.15, 0.2) is 5.11 Å². The number of amides is 1. The van der Waals surface area contributed by atoms with Gasteiger partial charge in [0.25, 0.3) is 0 Å². The van der Waals surface area contributed by atoms with Crippen LogP contribution >= 0.6 is 12.2 Å². The van der Waals surface area contributed by atoms with Gasteiger partial charge in [-0.15, -0.1) is 0 Å². The molecule has 2 aromatic carbocycles. The number of carbonyl (C=O) groups excluding carboxylic acids is 1. The lowest BCUT2D eigenvalue weighted by molar-refractivity contribution is -0.119. The number of rotatable bonds is 6. The van der Waals surface area contributed by atoms with Crippen LogP contribution in [0.3, 0.4) is 0 Å². The first-order chi connectivity index (χ1) is 14.3. The van der Waals surface area contributed by atoms with Crippen LogP contribution in [-0.2, 0) is 21.2 Å². The molecule has 0 aromatic heterocycles. The maximum atomic E-state index is 12.8. The fourth-order valence-electron chi connectivity index (χ4n) is 3.14. The number of carbonyl (C=O) groups is 1. The maximum Gasteiger partial charge on any atom is 0.243 e. The molecule has 0 radical (unpaired) electrons. The first kappa shape index (κ1) is 22.4.